The van der Waals surface area contributed by atoms with Gasteiger partial charge in [0.25, 0.3) is 5.91 Å². The molecule has 1 aliphatic rings. The molecule has 0 aliphatic carbocycles. The van der Waals surface area contributed by atoms with Crippen LogP contribution in [0.1, 0.15) is 28.4 Å². The number of carbonyl (C=O) groups is 2. The van der Waals surface area contributed by atoms with Gasteiger partial charge in [0, 0.05) is 22.5 Å². The molecule has 1 heterocycles. The second-order valence-electron chi connectivity index (χ2n) is 7.27. The zero-order valence-electron chi connectivity index (χ0n) is 16.9. The van der Waals surface area contributed by atoms with E-state index in [2.05, 4.69) is 11.9 Å². The van der Waals surface area contributed by atoms with Gasteiger partial charge in [-0.15, -0.1) is 0 Å². The van der Waals surface area contributed by atoms with Crippen molar-refractivity contribution in [3.63, 3.8) is 0 Å². The number of fused-ring (bicyclic) bond motifs is 1. The molecule has 150 valence electrons. The summed E-state index contributed by atoms with van der Waals surface area (Å²) in [4.78, 5) is 26.9. The molecule has 3 aromatic carbocycles. The average molecular weight is 398 g/mol. The van der Waals surface area contributed by atoms with Crippen LogP contribution in [0, 0.1) is 6.92 Å². The van der Waals surface area contributed by atoms with E-state index in [1.54, 1.807) is 43.3 Å². The van der Waals surface area contributed by atoms with Gasteiger partial charge in [-0.05, 0) is 56.3 Å². The van der Waals surface area contributed by atoms with Gasteiger partial charge in [-0.2, -0.15) is 0 Å². The van der Waals surface area contributed by atoms with Crippen LogP contribution in [0.3, 0.4) is 0 Å². The molecule has 5 heteroatoms. The number of anilines is 1. The third kappa shape index (κ3) is 3.70. The summed E-state index contributed by atoms with van der Waals surface area (Å²) in [5.74, 6) is 0.921. The molecule has 2 amide bonds. The zero-order valence-corrected chi connectivity index (χ0v) is 16.9. The first-order valence-corrected chi connectivity index (χ1v) is 9.71. The van der Waals surface area contributed by atoms with Crippen LogP contribution in [-0.4, -0.2) is 22.8 Å². The van der Waals surface area contributed by atoms with Crippen molar-refractivity contribution in [3.05, 3.63) is 96.1 Å². The van der Waals surface area contributed by atoms with E-state index in [1.807, 2.05) is 43.3 Å². The number of rotatable bonds is 5. The largest absolute Gasteiger partial charge is 0.457 e. The Hall–Kier alpha value is -3.86. The lowest BCUT2D eigenvalue weighted by Gasteiger charge is -2.24. The maximum absolute atomic E-state index is 12.8. The smallest absolute Gasteiger partial charge is 0.259 e. The Morgan fingerprint density at radius 2 is 1.50 bits per heavy atom. The number of amides is 2. The summed E-state index contributed by atoms with van der Waals surface area (Å²) >= 11 is 0. The molecule has 5 nitrogen and oxygen atoms in total. The molecular weight excluding hydrogens is 376 g/mol. The molecule has 3 aromatic rings. The van der Waals surface area contributed by atoms with Crippen molar-refractivity contribution in [2.45, 2.75) is 19.9 Å². The van der Waals surface area contributed by atoms with Crippen molar-refractivity contribution in [3.8, 4) is 11.5 Å². The molecule has 1 N–H and O–H groups in total. The maximum Gasteiger partial charge on any atom is 0.259 e. The number of hydrogen-bond donors (Lipinski definition) is 1. The van der Waals surface area contributed by atoms with Gasteiger partial charge in [0.2, 0.25) is 5.91 Å². The number of ether oxygens (including phenoxy) is 1. The van der Waals surface area contributed by atoms with Gasteiger partial charge in [0.15, 0.2) is 0 Å². The molecule has 0 fully saturated rings. The van der Waals surface area contributed by atoms with Crippen LogP contribution in [0.25, 0.3) is 5.70 Å². The van der Waals surface area contributed by atoms with Crippen molar-refractivity contribution in [1.29, 1.82) is 0 Å². The van der Waals surface area contributed by atoms with Crippen LogP contribution < -0.4 is 10.1 Å². The van der Waals surface area contributed by atoms with Crippen molar-refractivity contribution in [2.75, 3.05) is 5.32 Å². The fraction of sp³-hybridized carbons (Fsp3) is 0.120. The molecule has 30 heavy (non-hydrogen) atoms. The fourth-order valence-electron chi connectivity index (χ4n) is 3.43. The van der Waals surface area contributed by atoms with Crippen LogP contribution in [0.4, 0.5) is 5.69 Å². The van der Waals surface area contributed by atoms with E-state index < -0.39 is 6.04 Å². The van der Waals surface area contributed by atoms with E-state index in [0.29, 0.717) is 22.7 Å². The summed E-state index contributed by atoms with van der Waals surface area (Å²) in [5, 5.41) is 2.86. The van der Waals surface area contributed by atoms with Gasteiger partial charge in [-0.25, -0.2) is 0 Å². The summed E-state index contributed by atoms with van der Waals surface area (Å²) in [6.45, 7) is 7.72. The van der Waals surface area contributed by atoms with E-state index in [4.69, 9.17) is 4.74 Å². The Balaban J connectivity index is 1.42. The average Bonchev–Trinajstić information content (AvgIpc) is 3.01. The predicted octanol–water partition coefficient (Wildman–Crippen LogP) is 5.24. The third-order valence-electron chi connectivity index (χ3n) is 5.12. The number of benzene rings is 3. The molecular formula is C25H22N2O3. The number of hydrogen-bond acceptors (Lipinski definition) is 3. The van der Waals surface area contributed by atoms with E-state index >= 15 is 0 Å². The number of nitrogens with zero attached hydrogens (tertiary/aromatic N) is 1. The fourth-order valence-corrected chi connectivity index (χ4v) is 3.43. The lowest BCUT2D eigenvalue weighted by atomic mass is 10.1. The summed E-state index contributed by atoms with van der Waals surface area (Å²) in [7, 11) is 0. The Morgan fingerprint density at radius 1 is 0.933 bits per heavy atom. The third-order valence-corrected chi connectivity index (χ3v) is 5.12. The SMILES string of the molecule is C=C1c2ccccc2C(=O)N1C(C)C(=O)Nc1ccc(Oc2ccc(C)cc2)cc1. The van der Waals surface area contributed by atoms with Gasteiger partial charge in [-0.1, -0.05) is 42.5 Å². The van der Waals surface area contributed by atoms with Crippen LogP contribution >= 0.6 is 0 Å². The highest BCUT2D eigenvalue weighted by Crippen LogP contribution is 2.33. The van der Waals surface area contributed by atoms with Crippen molar-refractivity contribution >= 4 is 23.2 Å². The minimum absolute atomic E-state index is 0.208. The van der Waals surface area contributed by atoms with Crippen LogP contribution in [-0.2, 0) is 4.79 Å². The van der Waals surface area contributed by atoms with Gasteiger partial charge in [0.1, 0.15) is 17.5 Å². The van der Waals surface area contributed by atoms with Crippen LogP contribution in [0.5, 0.6) is 11.5 Å². The zero-order chi connectivity index (χ0) is 21.3. The standard InChI is InChI=1S/C25H22N2O3/c1-16-8-12-20(13-9-16)30-21-14-10-19(11-15-21)26-24(28)18(3)27-17(2)22-6-4-5-7-23(22)25(27)29/h4-15,18H,2H2,1,3H3,(H,26,28). The molecule has 1 atom stereocenters. The minimum atomic E-state index is -0.694. The summed E-state index contributed by atoms with van der Waals surface area (Å²) in [6.07, 6.45) is 0. The monoisotopic (exact) mass is 398 g/mol. The van der Waals surface area contributed by atoms with E-state index in [9.17, 15) is 9.59 Å². The first-order chi connectivity index (χ1) is 14.4. The normalized spacial score (nSPS) is 13.7. The maximum atomic E-state index is 12.8. The number of aryl methyl sites for hydroxylation is 1. The molecule has 1 unspecified atom stereocenters. The Kier molecular flexibility index (Phi) is 5.11. The highest BCUT2D eigenvalue weighted by molar-refractivity contribution is 6.11. The Morgan fingerprint density at radius 3 is 2.10 bits per heavy atom. The van der Waals surface area contributed by atoms with E-state index in [1.165, 1.54) is 4.90 Å². The molecule has 0 bridgehead atoms. The molecule has 0 spiro atoms. The van der Waals surface area contributed by atoms with Gasteiger partial charge < -0.3 is 10.1 Å². The molecule has 4 rings (SSSR count). The van der Waals surface area contributed by atoms with Crippen molar-refractivity contribution < 1.29 is 14.3 Å². The van der Waals surface area contributed by atoms with Gasteiger partial charge in [0.05, 0.1) is 0 Å². The highest BCUT2D eigenvalue weighted by atomic mass is 16.5. The molecule has 0 saturated heterocycles. The van der Waals surface area contributed by atoms with E-state index in [-0.39, 0.29) is 11.8 Å². The van der Waals surface area contributed by atoms with Gasteiger partial charge >= 0.3 is 0 Å². The summed E-state index contributed by atoms with van der Waals surface area (Å²) < 4.78 is 5.81. The molecule has 1 aliphatic heterocycles. The lowest BCUT2D eigenvalue weighted by molar-refractivity contribution is -0.119. The lowest BCUT2D eigenvalue weighted by Crippen LogP contribution is -2.41. The highest BCUT2D eigenvalue weighted by Gasteiger charge is 2.36. The Bertz CT molecular complexity index is 1080. The molecule has 0 saturated carbocycles. The first-order valence-electron chi connectivity index (χ1n) is 9.71. The van der Waals surface area contributed by atoms with Crippen LogP contribution in [0.15, 0.2) is 79.4 Å². The summed E-state index contributed by atoms with van der Waals surface area (Å²) in [5.41, 5.74) is 3.66. The van der Waals surface area contributed by atoms with Gasteiger partial charge in [-0.3, -0.25) is 14.5 Å². The molecule has 0 aromatic heterocycles. The minimum Gasteiger partial charge on any atom is -0.457 e. The second kappa shape index (κ2) is 7.87. The number of carbonyl (C=O) groups excluding carboxylic acids is 2. The quantitative estimate of drug-likeness (QED) is 0.639. The number of nitrogens with one attached hydrogen (secondary N) is 1. The second-order valence-corrected chi connectivity index (χ2v) is 7.27. The van der Waals surface area contributed by atoms with E-state index in [0.717, 1.165) is 16.9 Å². The van der Waals surface area contributed by atoms with Crippen molar-refractivity contribution in [2.24, 2.45) is 0 Å². The Labute approximate surface area is 175 Å². The first kappa shape index (κ1) is 19.5. The van der Waals surface area contributed by atoms with Crippen molar-refractivity contribution in [1.82, 2.24) is 4.90 Å². The molecule has 0 radical (unpaired) electrons. The topological polar surface area (TPSA) is 58.6 Å². The predicted molar refractivity (Wildman–Crippen MR) is 117 cm³/mol. The summed E-state index contributed by atoms with van der Waals surface area (Å²) in [6, 6.07) is 21.4. The van der Waals surface area contributed by atoms with Crippen LogP contribution in [0.2, 0.25) is 0 Å².